The van der Waals surface area contributed by atoms with Crippen molar-refractivity contribution in [1.82, 2.24) is 0 Å². The minimum Gasteiger partial charge on any atom is -0.490 e. The van der Waals surface area contributed by atoms with Crippen molar-refractivity contribution < 1.29 is 19.0 Å². The molecule has 0 amide bonds. The van der Waals surface area contributed by atoms with Crippen LogP contribution in [0.25, 0.3) is 0 Å². The fraction of sp³-hybridized carbons (Fsp3) is 0.100. The lowest BCUT2D eigenvalue weighted by atomic mass is 10.3. The van der Waals surface area contributed by atoms with Gasteiger partial charge in [0.25, 0.3) is 0 Å². The molecule has 0 atom stereocenters. The molecule has 4 rings (SSSR count). The number of ether oxygens (including phenoxy) is 3. The van der Waals surface area contributed by atoms with Crippen molar-refractivity contribution in [2.24, 2.45) is 20.5 Å². The van der Waals surface area contributed by atoms with Crippen molar-refractivity contribution in [1.29, 1.82) is 0 Å². The van der Waals surface area contributed by atoms with Crippen LogP contribution in [-0.4, -0.2) is 25.3 Å². The first-order valence-corrected chi connectivity index (χ1v) is 11.9. The van der Waals surface area contributed by atoms with Crippen LogP contribution in [0.15, 0.2) is 142 Å². The summed E-state index contributed by atoms with van der Waals surface area (Å²) in [6, 6.07) is 33.2. The zero-order valence-corrected chi connectivity index (χ0v) is 20.6. The number of carbonyl (C=O) groups excluding carboxylic acids is 1. The van der Waals surface area contributed by atoms with E-state index in [2.05, 4.69) is 27.0 Å². The minimum absolute atomic E-state index is 0.0911. The summed E-state index contributed by atoms with van der Waals surface area (Å²) < 4.78 is 17.0. The monoisotopic (exact) mass is 506 g/mol. The molecule has 0 bridgehead atoms. The Morgan fingerprint density at radius 3 is 1.34 bits per heavy atom. The number of azo groups is 2. The highest BCUT2D eigenvalue weighted by Crippen LogP contribution is 2.23. The summed E-state index contributed by atoms with van der Waals surface area (Å²) in [5, 5.41) is 16.8. The topological polar surface area (TPSA) is 94.2 Å². The Hall–Kier alpha value is -5.11. The van der Waals surface area contributed by atoms with Crippen molar-refractivity contribution in [2.75, 3.05) is 13.2 Å². The Labute approximate surface area is 220 Å². The third kappa shape index (κ3) is 8.53. The maximum atomic E-state index is 11.8. The highest BCUT2D eigenvalue weighted by molar-refractivity contribution is 5.81. The molecular weight excluding hydrogens is 480 g/mol. The van der Waals surface area contributed by atoms with Gasteiger partial charge in [-0.05, 0) is 72.8 Å². The Kier molecular flexibility index (Phi) is 9.46. The highest BCUT2D eigenvalue weighted by Gasteiger charge is 2.15. The van der Waals surface area contributed by atoms with E-state index in [4.69, 9.17) is 14.2 Å². The van der Waals surface area contributed by atoms with E-state index in [9.17, 15) is 4.79 Å². The first-order valence-electron chi connectivity index (χ1n) is 11.9. The summed E-state index contributed by atoms with van der Waals surface area (Å²) in [6.45, 7) is 3.64. The minimum atomic E-state index is -0.657. The summed E-state index contributed by atoms with van der Waals surface area (Å²) in [6.07, 6.45) is 0.446. The van der Waals surface area contributed by atoms with Crippen LogP contribution in [0.5, 0.6) is 11.5 Å². The highest BCUT2D eigenvalue weighted by atomic mass is 16.6. The van der Waals surface area contributed by atoms with Gasteiger partial charge in [0.05, 0.1) is 22.7 Å². The van der Waals surface area contributed by atoms with E-state index in [1.807, 2.05) is 60.7 Å². The number of esters is 1. The van der Waals surface area contributed by atoms with Crippen LogP contribution in [0.2, 0.25) is 0 Å². The van der Waals surface area contributed by atoms with E-state index in [-0.39, 0.29) is 13.2 Å². The SMILES string of the molecule is C=CC(=O)OC(COc1ccc(N=Nc2ccccc2)cc1)COc1ccc(N=Nc2ccccc2)cc1. The molecule has 0 aliphatic heterocycles. The Morgan fingerprint density at radius 1 is 0.605 bits per heavy atom. The molecule has 4 aromatic carbocycles. The standard InChI is InChI=1S/C30H26N4O4/c1-2-30(35)38-29(21-36-27-17-13-25(14-18-27)33-31-23-9-5-3-6-10-23)22-37-28-19-15-26(16-20-28)34-32-24-11-7-4-8-12-24/h2-20,29H,1,21-22H2. The predicted molar refractivity (Wildman–Crippen MR) is 145 cm³/mol. The van der Waals surface area contributed by atoms with Crippen molar-refractivity contribution in [3.05, 3.63) is 122 Å². The van der Waals surface area contributed by atoms with Crippen LogP contribution in [0.4, 0.5) is 22.7 Å². The van der Waals surface area contributed by atoms with Crippen molar-refractivity contribution in [3.8, 4) is 11.5 Å². The van der Waals surface area contributed by atoms with Crippen LogP contribution in [0.3, 0.4) is 0 Å². The second kappa shape index (κ2) is 13.8. The van der Waals surface area contributed by atoms with Gasteiger partial charge in [-0.25, -0.2) is 4.79 Å². The van der Waals surface area contributed by atoms with E-state index in [1.54, 1.807) is 48.5 Å². The van der Waals surface area contributed by atoms with Crippen LogP contribution in [-0.2, 0) is 9.53 Å². The van der Waals surface area contributed by atoms with Gasteiger partial charge in [-0.2, -0.15) is 20.5 Å². The van der Waals surface area contributed by atoms with Crippen molar-refractivity contribution in [2.45, 2.75) is 6.10 Å². The van der Waals surface area contributed by atoms with Crippen LogP contribution >= 0.6 is 0 Å². The molecular formula is C30H26N4O4. The average Bonchev–Trinajstić information content (AvgIpc) is 2.98. The molecule has 0 heterocycles. The van der Waals surface area contributed by atoms with Crippen molar-refractivity contribution in [3.63, 3.8) is 0 Å². The van der Waals surface area contributed by atoms with Gasteiger partial charge in [-0.3, -0.25) is 0 Å². The fourth-order valence-electron chi connectivity index (χ4n) is 3.15. The molecule has 8 heteroatoms. The molecule has 8 nitrogen and oxygen atoms in total. The largest absolute Gasteiger partial charge is 0.490 e. The average molecular weight is 507 g/mol. The molecule has 0 unspecified atom stereocenters. The van der Waals surface area contributed by atoms with Gasteiger partial charge < -0.3 is 14.2 Å². The fourth-order valence-corrected chi connectivity index (χ4v) is 3.15. The first kappa shape index (κ1) is 26.0. The lowest BCUT2D eigenvalue weighted by Crippen LogP contribution is -2.30. The maximum Gasteiger partial charge on any atom is 0.330 e. The number of hydrogen-bond donors (Lipinski definition) is 0. The number of rotatable bonds is 12. The third-order valence-electron chi connectivity index (χ3n) is 5.07. The van der Waals surface area contributed by atoms with E-state index in [0.717, 1.165) is 17.5 Å². The Balaban J connectivity index is 1.30. The number of hydrogen-bond acceptors (Lipinski definition) is 8. The number of benzene rings is 4. The Morgan fingerprint density at radius 2 is 0.974 bits per heavy atom. The van der Waals surface area contributed by atoms with Crippen molar-refractivity contribution >= 4 is 28.7 Å². The summed E-state index contributed by atoms with van der Waals surface area (Å²) in [5.41, 5.74) is 2.91. The Bertz CT molecular complexity index is 1260. The molecule has 0 aliphatic carbocycles. The molecule has 0 saturated carbocycles. The molecule has 0 aromatic heterocycles. The van der Waals surface area contributed by atoms with Gasteiger partial charge >= 0.3 is 5.97 Å². The summed E-state index contributed by atoms with van der Waals surface area (Å²) in [5.74, 6) is 0.628. The first-order chi connectivity index (χ1) is 18.7. The summed E-state index contributed by atoms with van der Waals surface area (Å²) in [4.78, 5) is 11.8. The van der Waals surface area contributed by atoms with E-state index >= 15 is 0 Å². The molecule has 0 saturated heterocycles. The van der Waals surface area contributed by atoms with E-state index in [0.29, 0.717) is 22.9 Å². The molecule has 0 fully saturated rings. The molecule has 0 spiro atoms. The molecule has 4 aromatic rings. The van der Waals surface area contributed by atoms with Gasteiger partial charge in [0, 0.05) is 6.08 Å². The molecule has 0 aliphatic rings. The number of carbonyl (C=O) groups is 1. The van der Waals surface area contributed by atoms with Crippen LogP contribution < -0.4 is 9.47 Å². The zero-order chi connectivity index (χ0) is 26.4. The molecule has 0 radical (unpaired) electrons. The second-order valence-corrected chi connectivity index (χ2v) is 7.94. The molecule has 38 heavy (non-hydrogen) atoms. The normalized spacial score (nSPS) is 11.8. The third-order valence-corrected chi connectivity index (χ3v) is 5.07. The summed E-state index contributed by atoms with van der Waals surface area (Å²) in [7, 11) is 0. The van der Waals surface area contributed by atoms with Crippen LogP contribution in [0, 0.1) is 0 Å². The quantitative estimate of drug-likeness (QED) is 0.110. The predicted octanol–water partition coefficient (Wildman–Crippen LogP) is 8.07. The molecule has 0 N–H and O–H groups in total. The van der Waals surface area contributed by atoms with Gasteiger partial charge in [-0.15, -0.1) is 0 Å². The van der Waals surface area contributed by atoms with Crippen LogP contribution in [0.1, 0.15) is 0 Å². The van der Waals surface area contributed by atoms with Gasteiger partial charge in [0.1, 0.15) is 24.7 Å². The summed E-state index contributed by atoms with van der Waals surface area (Å²) >= 11 is 0. The van der Waals surface area contributed by atoms with E-state index < -0.39 is 12.1 Å². The zero-order valence-electron chi connectivity index (χ0n) is 20.6. The van der Waals surface area contributed by atoms with E-state index in [1.165, 1.54) is 0 Å². The van der Waals surface area contributed by atoms with Gasteiger partial charge in [-0.1, -0.05) is 43.0 Å². The van der Waals surface area contributed by atoms with Gasteiger partial charge in [0.15, 0.2) is 6.10 Å². The van der Waals surface area contributed by atoms with Gasteiger partial charge in [0.2, 0.25) is 0 Å². The lowest BCUT2D eigenvalue weighted by Gasteiger charge is -2.18. The second-order valence-electron chi connectivity index (χ2n) is 7.94. The smallest absolute Gasteiger partial charge is 0.330 e. The lowest BCUT2D eigenvalue weighted by molar-refractivity contribution is -0.146. The maximum absolute atomic E-state index is 11.8. The molecule has 190 valence electrons. The number of nitrogens with zero attached hydrogens (tertiary/aromatic N) is 4.